The highest BCUT2D eigenvalue weighted by Crippen LogP contribution is 2.15. The first kappa shape index (κ1) is 13.7. The molecule has 2 rings (SSSR count). The third kappa shape index (κ3) is 3.64. The molecular weight excluding hydrogens is 260 g/mol. The molecule has 0 saturated carbocycles. The minimum absolute atomic E-state index is 0.0167. The molecule has 0 spiro atoms. The SMILES string of the molecule is Cc1ccc(C(=O)N[C@@H](Cn2ccnn2)C(C)C)s1. The molecule has 0 aliphatic heterocycles. The zero-order valence-electron chi connectivity index (χ0n) is 11.3. The number of carbonyl (C=O) groups excluding carboxylic acids is 1. The molecule has 0 aliphatic carbocycles. The van der Waals surface area contributed by atoms with Crippen LogP contribution in [0.25, 0.3) is 0 Å². The summed E-state index contributed by atoms with van der Waals surface area (Å²) in [7, 11) is 0. The molecule has 0 fully saturated rings. The van der Waals surface area contributed by atoms with E-state index in [1.54, 1.807) is 17.1 Å². The molecule has 0 aliphatic rings. The van der Waals surface area contributed by atoms with Crippen LogP contribution in [-0.4, -0.2) is 26.9 Å². The molecule has 0 aromatic carbocycles. The lowest BCUT2D eigenvalue weighted by Crippen LogP contribution is -2.41. The monoisotopic (exact) mass is 278 g/mol. The van der Waals surface area contributed by atoms with Crippen LogP contribution in [0.15, 0.2) is 24.5 Å². The quantitative estimate of drug-likeness (QED) is 0.911. The molecule has 2 heterocycles. The van der Waals surface area contributed by atoms with E-state index >= 15 is 0 Å². The van der Waals surface area contributed by atoms with Gasteiger partial charge in [0.1, 0.15) is 0 Å². The Balaban J connectivity index is 2.02. The van der Waals surface area contributed by atoms with Crippen molar-refractivity contribution in [3.05, 3.63) is 34.3 Å². The van der Waals surface area contributed by atoms with Gasteiger partial charge in [-0.3, -0.25) is 9.48 Å². The van der Waals surface area contributed by atoms with Crippen LogP contribution >= 0.6 is 11.3 Å². The summed E-state index contributed by atoms with van der Waals surface area (Å²) in [5.41, 5.74) is 0. The van der Waals surface area contributed by atoms with Gasteiger partial charge in [0, 0.05) is 11.1 Å². The summed E-state index contributed by atoms with van der Waals surface area (Å²) in [6, 6.07) is 3.86. The van der Waals surface area contributed by atoms with Crippen LogP contribution in [0.4, 0.5) is 0 Å². The van der Waals surface area contributed by atoms with Gasteiger partial charge in [-0.05, 0) is 25.0 Å². The van der Waals surface area contributed by atoms with E-state index in [9.17, 15) is 4.79 Å². The highest BCUT2D eigenvalue weighted by molar-refractivity contribution is 7.13. The van der Waals surface area contributed by atoms with Crippen LogP contribution in [0.3, 0.4) is 0 Å². The number of hydrogen-bond acceptors (Lipinski definition) is 4. The summed E-state index contributed by atoms with van der Waals surface area (Å²) in [6.45, 7) is 6.80. The predicted octanol–water partition coefficient (Wildman–Crippen LogP) is 2.10. The second-order valence-electron chi connectivity index (χ2n) is 4.86. The number of aromatic nitrogens is 3. The molecule has 0 unspecified atom stereocenters. The zero-order chi connectivity index (χ0) is 13.8. The number of nitrogens with one attached hydrogen (secondary N) is 1. The maximum Gasteiger partial charge on any atom is 0.261 e. The van der Waals surface area contributed by atoms with Crippen molar-refractivity contribution in [3.63, 3.8) is 0 Å². The van der Waals surface area contributed by atoms with Gasteiger partial charge in [-0.1, -0.05) is 19.1 Å². The highest BCUT2D eigenvalue weighted by atomic mass is 32.1. The van der Waals surface area contributed by atoms with Crippen LogP contribution in [0.2, 0.25) is 0 Å². The van der Waals surface area contributed by atoms with Crippen molar-refractivity contribution in [2.75, 3.05) is 0 Å². The van der Waals surface area contributed by atoms with Crippen LogP contribution in [0.1, 0.15) is 28.4 Å². The van der Waals surface area contributed by atoms with Crippen molar-refractivity contribution in [1.82, 2.24) is 20.3 Å². The van der Waals surface area contributed by atoms with E-state index in [2.05, 4.69) is 29.5 Å². The van der Waals surface area contributed by atoms with Gasteiger partial charge in [0.2, 0.25) is 0 Å². The Kier molecular flexibility index (Phi) is 4.31. The summed E-state index contributed by atoms with van der Waals surface area (Å²) in [5, 5.41) is 10.8. The predicted molar refractivity (Wildman–Crippen MR) is 75.2 cm³/mol. The largest absolute Gasteiger partial charge is 0.346 e. The van der Waals surface area contributed by atoms with E-state index in [4.69, 9.17) is 0 Å². The Bertz CT molecular complexity index is 533. The number of nitrogens with zero attached hydrogens (tertiary/aromatic N) is 3. The topological polar surface area (TPSA) is 59.8 Å². The van der Waals surface area contributed by atoms with E-state index in [1.807, 2.05) is 19.1 Å². The van der Waals surface area contributed by atoms with Gasteiger partial charge < -0.3 is 5.32 Å². The number of aryl methyl sites for hydroxylation is 1. The smallest absolute Gasteiger partial charge is 0.261 e. The Labute approximate surface area is 116 Å². The summed E-state index contributed by atoms with van der Waals surface area (Å²) in [6.07, 6.45) is 3.44. The number of thiophene rings is 1. The zero-order valence-corrected chi connectivity index (χ0v) is 12.1. The summed E-state index contributed by atoms with van der Waals surface area (Å²) in [4.78, 5) is 14.0. The lowest BCUT2D eigenvalue weighted by Gasteiger charge is -2.21. The molecular formula is C13H18N4OS. The molecule has 5 nitrogen and oxygen atoms in total. The lowest BCUT2D eigenvalue weighted by molar-refractivity contribution is 0.0923. The van der Waals surface area contributed by atoms with E-state index in [0.717, 1.165) is 9.75 Å². The fourth-order valence-corrected chi connectivity index (χ4v) is 2.52. The van der Waals surface area contributed by atoms with Crippen molar-refractivity contribution in [3.8, 4) is 0 Å². The van der Waals surface area contributed by atoms with E-state index in [1.165, 1.54) is 11.3 Å². The average molecular weight is 278 g/mol. The third-order valence-corrected chi connectivity index (χ3v) is 3.94. The maximum absolute atomic E-state index is 12.2. The average Bonchev–Trinajstić information content (AvgIpc) is 2.99. The first-order chi connectivity index (χ1) is 9.06. The number of amides is 1. The van der Waals surface area contributed by atoms with Crippen molar-refractivity contribution in [1.29, 1.82) is 0 Å². The fourth-order valence-electron chi connectivity index (χ4n) is 1.75. The first-order valence-electron chi connectivity index (χ1n) is 6.27. The molecule has 2 aromatic rings. The molecule has 2 aromatic heterocycles. The Morgan fingerprint density at radius 2 is 2.26 bits per heavy atom. The van der Waals surface area contributed by atoms with Gasteiger partial charge in [0.25, 0.3) is 5.91 Å². The van der Waals surface area contributed by atoms with Crippen molar-refractivity contribution in [2.24, 2.45) is 5.92 Å². The van der Waals surface area contributed by atoms with E-state index in [-0.39, 0.29) is 11.9 Å². The number of rotatable bonds is 5. The third-order valence-electron chi connectivity index (χ3n) is 2.94. The number of hydrogen-bond donors (Lipinski definition) is 1. The Hall–Kier alpha value is -1.69. The second kappa shape index (κ2) is 5.97. The second-order valence-corrected chi connectivity index (χ2v) is 6.15. The molecule has 19 heavy (non-hydrogen) atoms. The van der Waals surface area contributed by atoms with Crippen LogP contribution in [0, 0.1) is 12.8 Å². The van der Waals surface area contributed by atoms with Gasteiger partial charge in [-0.25, -0.2) is 0 Å². The summed E-state index contributed by atoms with van der Waals surface area (Å²) < 4.78 is 1.74. The van der Waals surface area contributed by atoms with Crippen LogP contribution in [0.5, 0.6) is 0 Å². The molecule has 1 atom stereocenters. The van der Waals surface area contributed by atoms with Gasteiger partial charge in [-0.2, -0.15) is 0 Å². The molecule has 0 bridgehead atoms. The molecule has 0 saturated heterocycles. The standard InChI is InChI=1S/C13H18N4OS/c1-9(2)11(8-17-7-6-14-16-17)15-13(18)12-5-4-10(3)19-12/h4-7,9,11H,8H2,1-3H3,(H,15,18)/t11-/m0/s1. The molecule has 0 radical (unpaired) electrons. The van der Waals surface area contributed by atoms with Gasteiger partial charge in [0.15, 0.2) is 0 Å². The molecule has 6 heteroatoms. The lowest BCUT2D eigenvalue weighted by atomic mass is 10.0. The highest BCUT2D eigenvalue weighted by Gasteiger charge is 2.18. The van der Waals surface area contributed by atoms with Gasteiger partial charge >= 0.3 is 0 Å². The Morgan fingerprint density at radius 3 is 2.79 bits per heavy atom. The summed E-state index contributed by atoms with van der Waals surface area (Å²) >= 11 is 1.51. The van der Waals surface area contributed by atoms with E-state index < -0.39 is 0 Å². The van der Waals surface area contributed by atoms with Crippen LogP contribution < -0.4 is 5.32 Å². The van der Waals surface area contributed by atoms with Gasteiger partial charge in [0.05, 0.1) is 23.7 Å². The first-order valence-corrected chi connectivity index (χ1v) is 7.09. The van der Waals surface area contributed by atoms with E-state index in [0.29, 0.717) is 12.5 Å². The maximum atomic E-state index is 12.2. The fraction of sp³-hybridized carbons (Fsp3) is 0.462. The van der Waals surface area contributed by atoms with Crippen molar-refractivity contribution < 1.29 is 4.79 Å². The van der Waals surface area contributed by atoms with Crippen LogP contribution in [-0.2, 0) is 6.54 Å². The summed E-state index contributed by atoms with van der Waals surface area (Å²) in [5.74, 6) is 0.311. The minimum atomic E-state index is -0.0167. The van der Waals surface area contributed by atoms with Crippen molar-refractivity contribution in [2.45, 2.75) is 33.4 Å². The molecule has 102 valence electrons. The molecule has 1 amide bonds. The normalized spacial score (nSPS) is 12.6. The van der Waals surface area contributed by atoms with Crippen molar-refractivity contribution >= 4 is 17.2 Å². The van der Waals surface area contributed by atoms with Gasteiger partial charge in [-0.15, -0.1) is 16.4 Å². The minimum Gasteiger partial charge on any atom is -0.346 e. The number of carbonyl (C=O) groups is 1. The molecule has 1 N–H and O–H groups in total. The Morgan fingerprint density at radius 1 is 1.47 bits per heavy atom.